The average Bonchev–Trinajstić information content (AvgIpc) is 2.60. The van der Waals surface area contributed by atoms with Crippen molar-refractivity contribution < 1.29 is 4.39 Å². The van der Waals surface area contributed by atoms with Crippen molar-refractivity contribution in [2.45, 2.75) is 19.8 Å². The number of aromatic nitrogens is 3. The average molecular weight is 274 g/mol. The second-order valence-corrected chi connectivity index (χ2v) is 4.66. The van der Waals surface area contributed by atoms with Gasteiger partial charge in [0, 0.05) is 5.92 Å². The van der Waals surface area contributed by atoms with Crippen molar-refractivity contribution in [1.29, 1.82) is 0 Å². The van der Waals surface area contributed by atoms with E-state index in [1.165, 1.54) is 12.1 Å². The lowest BCUT2D eigenvalue weighted by molar-refractivity contribution is 0.627. The zero-order chi connectivity index (χ0) is 12.6. The summed E-state index contributed by atoms with van der Waals surface area (Å²) in [6.07, 6.45) is 0. The minimum absolute atomic E-state index is 0.135. The van der Waals surface area contributed by atoms with Gasteiger partial charge in [0.05, 0.1) is 10.7 Å². The second-order valence-electron chi connectivity index (χ2n) is 3.91. The zero-order valence-corrected chi connectivity index (χ0v) is 10.8. The molecule has 3 nitrogen and oxygen atoms in total. The lowest BCUT2D eigenvalue weighted by atomic mass is 10.2. The molecule has 90 valence electrons. The normalized spacial score (nSPS) is 11.2. The highest BCUT2D eigenvalue weighted by atomic mass is 35.5. The third-order valence-corrected chi connectivity index (χ3v) is 2.86. The summed E-state index contributed by atoms with van der Waals surface area (Å²) in [5.74, 6) is 0.425. The molecule has 0 bridgehead atoms. The van der Waals surface area contributed by atoms with E-state index in [4.69, 9.17) is 23.2 Å². The topological polar surface area (TPSA) is 30.7 Å². The minimum Gasteiger partial charge on any atom is -0.268 e. The Bertz CT molecular complexity index is 552. The van der Waals surface area contributed by atoms with Crippen LogP contribution in [0.4, 0.5) is 4.39 Å². The van der Waals surface area contributed by atoms with Crippen LogP contribution in [0.25, 0.3) is 5.69 Å². The summed E-state index contributed by atoms with van der Waals surface area (Å²) in [6, 6.07) is 4.11. The summed E-state index contributed by atoms with van der Waals surface area (Å²) in [5, 5.41) is 8.27. The van der Waals surface area contributed by atoms with Crippen LogP contribution >= 0.6 is 23.2 Å². The molecule has 1 heterocycles. The Morgan fingerprint density at radius 3 is 2.53 bits per heavy atom. The Morgan fingerprint density at radius 1 is 1.24 bits per heavy atom. The first-order valence-corrected chi connectivity index (χ1v) is 5.82. The van der Waals surface area contributed by atoms with Crippen LogP contribution in [-0.4, -0.2) is 14.8 Å². The maximum Gasteiger partial charge on any atom is 0.229 e. The van der Waals surface area contributed by atoms with Gasteiger partial charge in [0.1, 0.15) is 11.6 Å². The van der Waals surface area contributed by atoms with Gasteiger partial charge in [0.25, 0.3) is 0 Å². The number of hydrogen-bond acceptors (Lipinski definition) is 2. The molecule has 1 aromatic heterocycles. The number of rotatable bonds is 2. The number of hydrogen-bond donors (Lipinski definition) is 0. The molecule has 0 radical (unpaired) electrons. The molecular formula is C11H10Cl2FN3. The van der Waals surface area contributed by atoms with E-state index in [2.05, 4.69) is 10.2 Å². The van der Waals surface area contributed by atoms with Crippen LogP contribution in [0.5, 0.6) is 0 Å². The standard InChI is InChI=1S/C11H10Cl2FN3/c1-6(2)10-15-16-11(13)17(10)9-4-3-7(14)5-8(9)12/h3-6H,1-2H3. The second kappa shape index (κ2) is 4.63. The smallest absolute Gasteiger partial charge is 0.229 e. The van der Waals surface area contributed by atoms with Gasteiger partial charge in [-0.05, 0) is 29.8 Å². The lowest BCUT2D eigenvalue weighted by Crippen LogP contribution is -2.04. The first-order valence-electron chi connectivity index (χ1n) is 5.07. The molecule has 2 rings (SSSR count). The Hall–Kier alpha value is -1.13. The molecule has 6 heteroatoms. The van der Waals surface area contributed by atoms with E-state index >= 15 is 0 Å². The van der Waals surface area contributed by atoms with E-state index in [1.807, 2.05) is 13.8 Å². The van der Waals surface area contributed by atoms with Crippen LogP contribution in [0.1, 0.15) is 25.6 Å². The van der Waals surface area contributed by atoms with Gasteiger partial charge in [-0.1, -0.05) is 25.4 Å². The van der Waals surface area contributed by atoms with E-state index in [1.54, 1.807) is 10.6 Å². The highest BCUT2D eigenvalue weighted by molar-refractivity contribution is 6.33. The molecule has 0 unspecified atom stereocenters. The van der Waals surface area contributed by atoms with Crippen molar-refractivity contribution in [2.24, 2.45) is 0 Å². The Morgan fingerprint density at radius 2 is 1.94 bits per heavy atom. The van der Waals surface area contributed by atoms with Crippen LogP contribution in [0.3, 0.4) is 0 Å². The first kappa shape index (κ1) is 12.3. The molecule has 0 amide bonds. The van der Waals surface area contributed by atoms with Crippen LogP contribution in [0.2, 0.25) is 10.3 Å². The van der Waals surface area contributed by atoms with Crippen LogP contribution in [0, 0.1) is 5.82 Å². The third-order valence-electron chi connectivity index (χ3n) is 2.32. The van der Waals surface area contributed by atoms with Gasteiger partial charge >= 0.3 is 0 Å². The molecule has 17 heavy (non-hydrogen) atoms. The Balaban J connectivity index is 2.63. The molecule has 0 aliphatic heterocycles. The molecule has 0 saturated heterocycles. The molecule has 0 saturated carbocycles. The largest absolute Gasteiger partial charge is 0.268 e. The van der Waals surface area contributed by atoms with Crippen LogP contribution in [0.15, 0.2) is 18.2 Å². The molecule has 0 fully saturated rings. The lowest BCUT2D eigenvalue weighted by Gasteiger charge is -2.11. The number of halogens is 3. The van der Waals surface area contributed by atoms with Crippen molar-refractivity contribution in [2.75, 3.05) is 0 Å². The zero-order valence-electron chi connectivity index (χ0n) is 9.28. The van der Waals surface area contributed by atoms with Crippen molar-refractivity contribution in [1.82, 2.24) is 14.8 Å². The molecule has 2 aromatic rings. The van der Waals surface area contributed by atoms with Gasteiger partial charge in [0.15, 0.2) is 0 Å². The quantitative estimate of drug-likeness (QED) is 0.833. The molecule has 0 atom stereocenters. The van der Waals surface area contributed by atoms with Gasteiger partial charge in [-0.25, -0.2) is 4.39 Å². The van der Waals surface area contributed by atoms with Crippen molar-refractivity contribution in [3.05, 3.63) is 40.1 Å². The predicted molar refractivity (Wildman–Crippen MR) is 65.4 cm³/mol. The summed E-state index contributed by atoms with van der Waals surface area (Å²) >= 11 is 12.0. The summed E-state index contributed by atoms with van der Waals surface area (Å²) in [4.78, 5) is 0. The van der Waals surface area contributed by atoms with E-state index in [0.29, 0.717) is 11.5 Å². The minimum atomic E-state index is -0.394. The van der Waals surface area contributed by atoms with Crippen LogP contribution in [-0.2, 0) is 0 Å². The van der Waals surface area contributed by atoms with Gasteiger partial charge in [0.2, 0.25) is 5.28 Å². The number of benzene rings is 1. The maximum atomic E-state index is 13.0. The van der Waals surface area contributed by atoms with E-state index in [0.717, 1.165) is 0 Å². The highest BCUT2D eigenvalue weighted by Gasteiger charge is 2.17. The van der Waals surface area contributed by atoms with Gasteiger partial charge in [-0.15, -0.1) is 10.2 Å². The first-order chi connectivity index (χ1) is 8.00. The summed E-state index contributed by atoms with van der Waals surface area (Å²) in [6.45, 7) is 3.93. The number of nitrogens with zero attached hydrogens (tertiary/aromatic N) is 3. The van der Waals surface area contributed by atoms with Crippen molar-refractivity contribution in [3.63, 3.8) is 0 Å². The fraction of sp³-hybridized carbons (Fsp3) is 0.273. The van der Waals surface area contributed by atoms with E-state index in [9.17, 15) is 4.39 Å². The fourth-order valence-corrected chi connectivity index (χ4v) is 2.00. The van der Waals surface area contributed by atoms with E-state index in [-0.39, 0.29) is 16.2 Å². The Labute approximate surface area is 108 Å². The van der Waals surface area contributed by atoms with E-state index < -0.39 is 5.82 Å². The third kappa shape index (κ3) is 2.28. The molecule has 1 aromatic carbocycles. The molecule has 0 N–H and O–H groups in total. The molecular weight excluding hydrogens is 264 g/mol. The highest BCUT2D eigenvalue weighted by Crippen LogP contribution is 2.27. The van der Waals surface area contributed by atoms with Crippen LogP contribution < -0.4 is 0 Å². The van der Waals surface area contributed by atoms with Gasteiger partial charge in [-0.2, -0.15) is 0 Å². The van der Waals surface area contributed by atoms with Crippen molar-refractivity contribution >= 4 is 23.2 Å². The summed E-state index contributed by atoms with van der Waals surface area (Å²) in [7, 11) is 0. The molecule has 0 aliphatic rings. The monoisotopic (exact) mass is 273 g/mol. The fourth-order valence-electron chi connectivity index (χ4n) is 1.54. The summed E-state index contributed by atoms with van der Waals surface area (Å²) < 4.78 is 14.6. The van der Waals surface area contributed by atoms with Crippen molar-refractivity contribution in [3.8, 4) is 5.69 Å². The maximum absolute atomic E-state index is 13.0. The summed E-state index contributed by atoms with van der Waals surface area (Å²) in [5.41, 5.74) is 0.576. The predicted octanol–water partition coefficient (Wildman–Crippen LogP) is 3.84. The molecule has 0 aliphatic carbocycles. The SMILES string of the molecule is CC(C)c1nnc(Cl)n1-c1ccc(F)cc1Cl. The Kier molecular flexibility index (Phi) is 3.35. The van der Waals surface area contributed by atoms with Gasteiger partial charge in [-0.3, -0.25) is 4.57 Å². The van der Waals surface area contributed by atoms with Gasteiger partial charge < -0.3 is 0 Å². The molecule has 0 spiro atoms.